The zero-order chi connectivity index (χ0) is 19.1. The van der Waals surface area contributed by atoms with E-state index in [1.54, 1.807) is 4.68 Å². The summed E-state index contributed by atoms with van der Waals surface area (Å²) in [5, 5.41) is 15.1. The third-order valence-corrected chi connectivity index (χ3v) is 5.17. The molecular formula is C20H23N5OS. The maximum Gasteiger partial charge on any atom is 0.237 e. The highest BCUT2D eigenvalue weighted by Crippen LogP contribution is 2.24. The molecule has 3 rings (SSSR count). The molecule has 0 saturated carbocycles. The van der Waals surface area contributed by atoms with Crippen LogP contribution in [0.25, 0.3) is 5.69 Å². The predicted octanol–water partition coefficient (Wildman–Crippen LogP) is 4.12. The lowest BCUT2D eigenvalue weighted by Crippen LogP contribution is -2.22. The number of tetrazole rings is 1. The number of carbonyl (C=O) groups excluding carboxylic acids is 1. The number of anilines is 1. The van der Waals surface area contributed by atoms with Gasteiger partial charge in [-0.15, -0.1) is 5.10 Å². The molecule has 3 aromatic rings. The molecule has 1 N–H and O–H groups in total. The Balaban J connectivity index is 1.66. The molecule has 7 heteroatoms. The zero-order valence-electron chi connectivity index (χ0n) is 15.5. The Morgan fingerprint density at radius 3 is 2.59 bits per heavy atom. The summed E-state index contributed by atoms with van der Waals surface area (Å²) in [5.41, 5.74) is 2.97. The van der Waals surface area contributed by atoms with E-state index in [9.17, 15) is 4.79 Å². The number of aryl methyl sites for hydroxylation is 1. The molecule has 1 atom stereocenters. The molecule has 0 radical (unpaired) electrons. The summed E-state index contributed by atoms with van der Waals surface area (Å²) in [4.78, 5) is 12.4. The van der Waals surface area contributed by atoms with Gasteiger partial charge in [0.05, 0.1) is 10.9 Å². The summed E-state index contributed by atoms with van der Waals surface area (Å²) in [6.45, 7) is 4.03. The quantitative estimate of drug-likeness (QED) is 0.594. The summed E-state index contributed by atoms with van der Waals surface area (Å²) in [6.07, 6.45) is 3.43. The van der Waals surface area contributed by atoms with Crippen LogP contribution in [-0.2, 0) is 11.2 Å². The second-order valence-electron chi connectivity index (χ2n) is 6.26. The van der Waals surface area contributed by atoms with Gasteiger partial charge in [0.25, 0.3) is 0 Å². The number of para-hydroxylation sites is 1. The summed E-state index contributed by atoms with van der Waals surface area (Å²) in [5.74, 6) is -0.0873. The van der Waals surface area contributed by atoms with Crippen molar-refractivity contribution in [3.8, 4) is 5.69 Å². The number of thioether (sulfide) groups is 1. The maximum atomic E-state index is 12.4. The lowest BCUT2D eigenvalue weighted by Gasteiger charge is -2.12. The number of benzene rings is 2. The molecule has 0 saturated heterocycles. The second kappa shape index (κ2) is 9.32. The topological polar surface area (TPSA) is 72.7 Å². The van der Waals surface area contributed by atoms with Gasteiger partial charge < -0.3 is 5.32 Å². The Labute approximate surface area is 163 Å². The second-order valence-corrected chi connectivity index (χ2v) is 7.57. The van der Waals surface area contributed by atoms with Crippen LogP contribution in [0.4, 0.5) is 5.69 Å². The van der Waals surface area contributed by atoms with E-state index in [0.29, 0.717) is 5.16 Å². The fourth-order valence-electron chi connectivity index (χ4n) is 2.58. The molecule has 6 nitrogen and oxygen atoms in total. The minimum atomic E-state index is -0.334. The molecule has 140 valence electrons. The molecular weight excluding hydrogens is 358 g/mol. The number of nitrogens with one attached hydrogen (secondary N) is 1. The standard InChI is InChI=1S/C20H23N5OS/c1-3-4-8-16-11-13-18(14-12-16)25-20(22-23-24-25)27-15(2)19(26)21-17-9-6-5-7-10-17/h5-7,9-15H,3-4,8H2,1-2H3,(H,21,26)/t15-/m1/s1. The van der Waals surface area contributed by atoms with Gasteiger partial charge in [0.15, 0.2) is 0 Å². The number of nitrogens with zero attached hydrogens (tertiary/aromatic N) is 4. The third-order valence-electron chi connectivity index (χ3n) is 4.13. The van der Waals surface area contributed by atoms with Crippen molar-refractivity contribution in [2.24, 2.45) is 0 Å². The van der Waals surface area contributed by atoms with Crippen LogP contribution in [0.3, 0.4) is 0 Å². The first-order chi connectivity index (χ1) is 13.2. The number of carbonyl (C=O) groups is 1. The average Bonchev–Trinajstić information content (AvgIpc) is 3.15. The van der Waals surface area contributed by atoms with Crippen LogP contribution in [-0.4, -0.2) is 31.4 Å². The van der Waals surface area contributed by atoms with Crippen LogP contribution in [0, 0.1) is 0 Å². The fraction of sp³-hybridized carbons (Fsp3) is 0.300. The SMILES string of the molecule is CCCCc1ccc(-n2nnnc2S[C@H](C)C(=O)Nc2ccccc2)cc1. The molecule has 0 spiro atoms. The van der Waals surface area contributed by atoms with Crippen LogP contribution in [0.5, 0.6) is 0 Å². The van der Waals surface area contributed by atoms with Crippen LogP contribution in [0.15, 0.2) is 59.8 Å². The van der Waals surface area contributed by atoms with Gasteiger partial charge in [-0.2, -0.15) is 4.68 Å². The fourth-order valence-corrected chi connectivity index (χ4v) is 3.38. The van der Waals surface area contributed by atoms with E-state index < -0.39 is 0 Å². The van der Waals surface area contributed by atoms with Crippen molar-refractivity contribution < 1.29 is 4.79 Å². The number of rotatable bonds is 8. The molecule has 0 aliphatic rings. The van der Waals surface area contributed by atoms with Gasteiger partial charge in [0.2, 0.25) is 11.1 Å². The minimum Gasteiger partial charge on any atom is -0.325 e. The molecule has 0 fully saturated rings. The highest BCUT2D eigenvalue weighted by atomic mass is 32.2. The largest absolute Gasteiger partial charge is 0.325 e. The minimum absolute atomic E-state index is 0.0873. The van der Waals surface area contributed by atoms with E-state index in [0.717, 1.165) is 17.8 Å². The third kappa shape index (κ3) is 5.17. The van der Waals surface area contributed by atoms with Gasteiger partial charge in [-0.05, 0) is 60.0 Å². The van der Waals surface area contributed by atoms with Crippen LogP contribution in [0.1, 0.15) is 32.3 Å². The Kier molecular flexibility index (Phi) is 6.59. The monoisotopic (exact) mass is 381 g/mol. The molecule has 0 bridgehead atoms. The van der Waals surface area contributed by atoms with E-state index >= 15 is 0 Å². The van der Waals surface area contributed by atoms with E-state index in [-0.39, 0.29) is 11.2 Å². The lowest BCUT2D eigenvalue weighted by atomic mass is 10.1. The smallest absolute Gasteiger partial charge is 0.237 e. The van der Waals surface area contributed by atoms with Gasteiger partial charge in [0, 0.05) is 5.69 Å². The van der Waals surface area contributed by atoms with Crippen molar-refractivity contribution in [1.82, 2.24) is 20.2 Å². The van der Waals surface area contributed by atoms with Crippen molar-refractivity contribution >= 4 is 23.4 Å². The molecule has 2 aromatic carbocycles. The Bertz CT molecular complexity index is 864. The van der Waals surface area contributed by atoms with E-state index in [4.69, 9.17) is 0 Å². The van der Waals surface area contributed by atoms with Crippen LogP contribution >= 0.6 is 11.8 Å². The summed E-state index contributed by atoms with van der Waals surface area (Å²) >= 11 is 1.33. The van der Waals surface area contributed by atoms with Crippen molar-refractivity contribution in [3.05, 3.63) is 60.2 Å². The highest BCUT2D eigenvalue weighted by Gasteiger charge is 2.19. The predicted molar refractivity (Wildman–Crippen MR) is 108 cm³/mol. The zero-order valence-corrected chi connectivity index (χ0v) is 16.3. The molecule has 1 heterocycles. The van der Waals surface area contributed by atoms with Crippen molar-refractivity contribution in [2.45, 2.75) is 43.5 Å². The first-order valence-electron chi connectivity index (χ1n) is 9.07. The van der Waals surface area contributed by atoms with Gasteiger partial charge in [-0.25, -0.2) is 0 Å². The Morgan fingerprint density at radius 1 is 1.15 bits per heavy atom. The molecule has 1 aromatic heterocycles. The number of unbranched alkanes of at least 4 members (excludes halogenated alkanes) is 1. The normalized spacial score (nSPS) is 11.9. The Hall–Kier alpha value is -2.67. The Morgan fingerprint density at radius 2 is 1.89 bits per heavy atom. The van der Waals surface area contributed by atoms with Gasteiger partial charge in [0.1, 0.15) is 0 Å². The molecule has 27 heavy (non-hydrogen) atoms. The summed E-state index contributed by atoms with van der Waals surface area (Å²) in [6, 6.07) is 17.6. The molecule has 1 amide bonds. The maximum absolute atomic E-state index is 12.4. The van der Waals surface area contributed by atoms with Gasteiger partial charge >= 0.3 is 0 Å². The van der Waals surface area contributed by atoms with E-state index in [1.807, 2.05) is 49.4 Å². The van der Waals surface area contributed by atoms with Crippen molar-refractivity contribution in [1.29, 1.82) is 0 Å². The van der Waals surface area contributed by atoms with E-state index in [1.165, 1.54) is 30.2 Å². The van der Waals surface area contributed by atoms with Crippen molar-refractivity contribution in [2.75, 3.05) is 5.32 Å². The molecule has 0 aliphatic carbocycles. The van der Waals surface area contributed by atoms with Crippen LogP contribution in [0.2, 0.25) is 0 Å². The summed E-state index contributed by atoms with van der Waals surface area (Å²) < 4.78 is 1.67. The lowest BCUT2D eigenvalue weighted by molar-refractivity contribution is -0.115. The number of hydrogen-bond donors (Lipinski definition) is 1. The number of aromatic nitrogens is 4. The summed E-state index contributed by atoms with van der Waals surface area (Å²) in [7, 11) is 0. The first-order valence-corrected chi connectivity index (χ1v) is 9.95. The van der Waals surface area contributed by atoms with Crippen molar-refractivity contribution in [3.63, 3.8) is 0 Å². The molecule has 0 aliphatic heterocycles. The van der Waals surface area contributed by atoms with Crippen LogP contribution < -0.4 is 5.32 Å². The highest BCUT2D eigenvalue weighted by molar-refractivity contribution is 8.00. The number of hydrogen-bond acceptors (Lipinski definition) is 5. The number of amides is 1. The first kappa shape index (κ1) is 19.1. The van der Waals surface area contributed by atoms with Gasteiger partial charge in [-0.1, -0.05) is 55.4 Å². The van der Waals surface area contributed by atoms with Gasteiger partial charge in [-0.3, -0.25) is 4.79 Å². The molecule has 0 unspecified atom stereocenters. The average molecular weight is 382 g/mol. The van der Waals surface area contributed by atoms with E-state index in [2.05, 4.69) is 39.9 Å².